The van der Waals surface area contributed by atoms with Crippen molar-refractivity contribution in [3.63, 3.8) is 0 Å². The molecule has 1 aliphatic rings. The fourth-order valence-electron chi connectivity index (χ4n) is 1.93. The molecule has 0 radical (unpaired) electrons. The van der Waals surface area contributed by atoms with Gasteiger partial charge in [-0.25, -0.2) is 4.79 Å². The van der Waals surface area contributed by atoms with E-state index in [1.54, 1.807) is 12.4 Å². The highest BCUT2D eigenvalue weighted by atomic mass is 16.2. The van der Waals surface area contributed by atoms with E-state index >= 15 is 0 Å². The van der Waals surface area contributed by atoms with Crippen molar-refractivity contribution >= 4 is 11.7 Å². The lowest BCUT2D eigenvalue weighted by Gasteiger charge is -2.16. The summed E-state index contributed by atoms with van der Waals surface area (Å²) in [5.41, 5.74) is 0.750. The van der Waals surface area contributed by atoms with E-state index in [-0.39, 0.29) is 6.03 Å². The van der Waals surface area contributed by atoms with Crippen LogP contribution in [-0.4, -0.2) is 29.0 Å². The van der Waals surface area contributed by atoms with Gasteiger partial charge in [-0.15, -0.1) is 0 Å². The summed E-state index contributed by atoms with van der Waals surface area (Å²) < 4.78 is 0. The first-order chi connectivity index (χ1) is 7.66. The van der Waals surface area contributed by atoms with Gasteiger partial charge in [0.15, 0.2) is 0 Å². The molecule has 2 atom stereocenters. The number of rotatable bonds is 1. The summed E-state index contributed by atoms with van der Waals surface area (Å²) in [6, 6.07) is 3.63. The van der Waals surface area contributed by atoms with Crippen LogP contribution >= 0.6 is 0 Å². The second-order valence-electron chi connectivity index (χ2n) is 4.53. The molecule has 0 saturated carbocycles. The number of carbonyl (C=O) groups is 1. The smallest absolute Gasteiger partial charge is 0.321 e. The largest absolute Gasteiger partial charge is 0.324 e. The van der Waals surface area contributed by atoms with Crippen LogP contribution in [-0.2, 0) is 0 Å². The van der Waals surface area contributed by atoms with E-state index in [0.29, 0.717) is 11.8 Å². The molecule has 4 heteroatoms. The maximum atomic E-state index is 11.9. The number of amides is 2. The Balaban J connectivity index is 1.95. The molecule has 0 aliphatic carbocycles. The van der Waals surface area contributed by atoms with Crippen LogP contribution in [0.25, 0.3) is 0 Å². The molecule has 2 rings (SSSR count). The van der Waals surface area contributed by atoms with Gasteiger partial charge in [0, 0.05) is 19.3 Å². The van der Waals surface area contributed by atoms with Gasteiger partial charge in [0.25, 0.3) is 0 Å². The van der Waals surface area contributed by atoms with Crippen molar-refractivity contribution in [3.05, 3.63) is 24.5 Å². The van der Waals surface area contributed by atoms with E-state index in [0.717, 1.165) is 18.8 Å². The van der Waals surface area contributed by atoms with E-state index in [9.17, 15) is 4.79 Å². The highest BCUT2D eigenvalue weighted by Crippen LogP contribution is 2.22. The number of nitrogens with one attached hydrogen (secondary N) is 1. The zero-order chi connectivity index (χ0) is 11.5. The maximum Gasteiger partial charge on any atom is 0.321 e. The Morgan fingerprint density at radius 2 is 2.12 bits per heavy atom. The number of hydrogen-bond donors (Lipinski definition) is 1. The molecule has 1 saturated heterocycles. The van der Waals surface area contributed by atoms with Gasteiger partial charge in [-0.2, -0.15) is 0 Å². The summed E-state index contributed by atoms with van der Waals surface area (Å²) in [5, 5.41) is 2.85. The monoisotopic (exact) mass is 219 g/mol. The predicted molar refractivity (Wildman–Crippen MR) is 63.2 cm³/mol. The van der Waals surface area contributed by atoms with Crippen molar-refractivity contribution in [2.75, 3.05) is 18.4 Å². The minimum absolute atomic E-state index is 0.0239. The first kappa shape index (κ1) is 10.9. The maximum absolute atomic E-state index is 11.9. The number of likely N-dealkylation sites (tertiary alicyclic amines) is 1. The molecule has 2 unspecified atom stereocenters. The standard InChI is InChI=1S/C12H17N3O/c1-9-7-15(8-10(9)2)12(16)14-11-4-3-5-13-6-11/h3-6,9-10H,7-8H2,1-2H3,(H,14,16). The molecule has 2 amide bonds. The van der Waals surface area contributed by atoms with Crippen molar-refractivity contribution in [1.29, 1.82) is 0 Å². The molecule has 2 heterocycles. The lowest BCUT2D eigenvalue weighted by molar-refractivity contribution is 0.220. The Bertz CT molecular complexity index is 356. The molecule has 1 aromatic heterocycles. The molecular formula is C12H17N3O. The van der Waals surface area contributed by atoms with E-state index in [1.165, 1.54) is 0 Å². The van der Waals surface area contributed by atoms with Crippen LogP contribution in [0.3, 0.4) is 0 Å². The Kier molecular flexibility index (Phi) is 3.08. The predicted octanol–water partition coefficient (Wildman–Crippen LogP) is 2.20. The highest BCUT2D eigenvalue weighted by molar-refractivity contribution is 5.89. The van der Waals surface area contributed by atoms with E-state index < -0.39 is 0 Å². The van der Waals surface area contributed by atoms with Crippen LogP contribution in [0.1, 0.15) is 13.8 Å². The van der Waals surface area contributed by atoms with Crippen LogP contribution in [0.5, 0.6) is 0 Å². The Labute approximate surface area is 95.7 Å². The molecule has 0 spiro atoms. The van der Waals surface area contributed by atoms with Gasteiger partial charge in [-0.3, -0.25) is 4.98 Å². The Morgan fingerprint density at radius 3 is 2.69 bits per heavy atom. The van der Waals surface area contributed by atoms with Gasteiger partial charge in [-0.1, -0.05) is 13.8 Å². The summed E-state index contributed by atoms with van der Waals surface area (Å²) in [4.78, 5) is 17.7. The minimum atomic E-state index is -0.0239. The number of pyridine rings is 1. The van der Waals surface area contributed by atoms with Gasteiger partial charge in [-0.05, 0) is 24.0 Å². The summed E-state index contributed by atoms with van der Waals surface area (Å²) in [5.74, 6) is 1.17. The fourth-order valence-corrected chi connectivity index (χ4v) is 1.93. The molecule has 1 aromatic rings. The molecule has 4 nitrogen and oxygen atoms in total. The van der Waals surface area contributed by atoms with Crippen LogP contribution in [0.4, 0.5) is 10.5 Å². The molecule has 1 N–H and O–H groups in total. The zero-order valence-electron chi connectivity index (χ0n) is 9.68. The summed E-state index contributed by atoms with van der Waals surface area (Å²) in [7, 11) is 0. The number of aromatic nitrogens is 1. The Hall–Kier alpha value is -1.58. The van der Waals surface area contributed by atoms with Gasteiger partial charge >= 0.3 is 6.03 Å². The Morgan fingerprint density at radius 1 is 1.44 bits per heavy atom. The number of anilines is 1. The third-order valence-corrected chi connectivity index (χ3v) is 3.19. The molecular weight excluding hydrogens is 202 g/mol. The van der Waals surface area contributed by atoms with Crippen LogP contribution in [0.2, 0.25) is 0 Å². The first-order valence-corrected chi connectivity index (χ1v) is 5.63. The number of nitrogens with zero attached hydrogens (tertiary/aromatic N) is 2. The lowest BCUT2D eigenvalue weighted by atomic mass is 10.0. The van der Waals surface area contributed by atoms with Crippen molar-refractivity contribution < 1.29 is 4.79 Å². The van der Waals surface area contributed by atoms with Crippen LogP contribution in [0, 0.1) is 11.8 Å². The van der Waals surface area contributed by atoms with E-state index in [1.807, 2.05) is 17.0 Å². The lowest BCUT2D eigenvalue weighted by Crippen LogP contribution is -2.33. The number of urea groups is 1. The van der Waals surface area contributed by atoms with Crippen LogP contribution < -0.4 is 5.32 Å². The molecule has 0 bridgehead atoms. The second-order valence-corrected chi connectivity index (χ2v) is 4.53. The highest BCUT2D eigenvalue weighted by Gasteiger charge is 2.29. The number of hydrogen-bond acceptors (Lipinski definition) is 2. The normalized spacial score (nSPS) is 24.5. The SMILES string of the molecule is CC1CN(C(=O)Nc2cccnc2)CC1C. The number of carbonyl (C=O) groups excluding carboxylic acids is 1. The van der Waals surface area contributed by atoms with Crippen LogP contribution in [0.15, 0.2) is 24.5 Å². The van der Waals surface area contributed by atoms with Crippen molar-refractivity contribution in [2.24, 2.45) is 11.8 Å². The summed E-state index contributed by atoms with van der Waals surface area (Å²) in [6.45, 7) is 6.05. The van der Waals surface area contributed by atoms with Gasteiger partial charge in [0.05, 0.1) is 11.9 Å². The van der Waals surface area contributed by atoms with Gasteiger partial charge in [0.2, 0.25) is 0 Å². The van der Waals surface area contributed by atoms with Gasteiger partial charge in [0.1, 0.15) is 0 Å². The third-order valence-electron chi connectivity index (χ3n) is 3.19. The van der Waals surface area contributed by atoms with E-state index in [2.05, 4.69) is 24.1 Å². The third kappa shape index (κ3) is 2.32. The van der Waals surface area contributed by atoms with Crippen molar-refractivity contribution in [1.82, 2.24) is 9.88 Å². The average molecular weight is 219 g/mol. The van der Waals surface area contributed by atoms with Crippen molar-refractivity contribution in [2.45, 2.75) is 13.8 Å². The minimum Gasteiger partial charge on any atom is -0.324 e. The first-order valence-electron chi connectivity index (χ1n) is 5.63. The average Bonchev–Trinajstić information content (AvgIpc) is 2.61. The van der Waals surface area contributed by atoms with E-state index in [4.69, 9.17) is 0 Å². The molecule has 0 aromatic carbocycles. The summed E-state index contributed by atoms with van der Waals surface area (Å²) in [6.07, 6.45) is 3.34. The molecule has 1 aliphatic heterocycles. The fraction of sp³-hybridized carbons (Fsp3) is 0.500. The molecule has 1 fully saturated rings. The topological polar surface area (TPSA) is 45.2 Å². The summed E-state index contributed by atoms with van der Waals surface area (Å²) >= 11 is 0. The van der Waals surface area contributed by atoms with Crippen molar-refractivity contribution in [3.8, 4) is 0 Å². The zero-order valence-corrected chi connectivity index (χ0v) is 9.68. The van der Waals surface area contributed by atoms with Gasteiger partial charge < -0.3 is 10.2 Å². The second kappa shape index (κ2) is 4.51. The quantitative estimate of drug-likeness (QED) is 0.787. The molecule has 86 valence electrons. The molecule has 16 heavy (non-hydrogen) atoms.